The third kappa shape index (κ3) is 3.20. The second-order valence-corrected chi connectivity index (χ2v) is 6.37. The first-order valence-corrected chi connectivity index (χ1v) is 8.43. The third-order valence-corrected chi connectivity index (χ3v) is 4.68. The number of hydrogen-bond donors (Lipinski definition) is 1. The van der Waals surface area contributed by atoms with Crippen LogP contribution in [0.4, 0.5) is 10.8 Å². The third-order valence-electron chi connectivity index (χ3n) is 3.92. The van der Waals surface area contributed by atoms with Crippen LogP contribution in [0, 0.1) is 13.8 Å². The van der Waals surface area contributed by atoms with Gasteiger partial charge in [0.15, 0.2) is 5.13 Å². The van der Waals surface area contributed by atoms with E-state index < -0.39 is 0 Å². The Kier molecular flexibility index (Phi) is 4.25. The summed E-state index contributed by atoms with van der Waals surface area (Å²) in [7, 11) is 0. The molecule has 22 heavy (non-hydrogen) atoms. The molecule has 0 fully saturated rings. The van der Waals surface area contributed by atoms with Gasteiger partial charge in [-0.1, -0.05) is 37.3 Å². The van der Waals surface area contributed by atoms with Crippen molar-refractivity contribution in [2.24, 2.45) is 0 Å². The topological polar surface area (TPSA) is 24.9 Å². The van der Waals surface area contributed by atoms with Crippen LogP contribution in [0.2, 0.25) is 0 Å². The predicted molar refractivity (Wildman–Crippen MR) is 96.1 cm³/mol. The first-order valence-electron chi connectivity index (χ1n) is 7.55. The first kappa shape index (κ1) is 14.8. The van der Waals surface area contributed by atoms with Crippen LogP contribution in [0.3, 0.4) is 0 Å². The summed E-state index contributed by atoms with van der Waals surface area (Å²) in [5, 5.41) is 6.42. The molecule has 3 heteroatoms. The molecule has 0 spiro atoms. The molecular formula is C19H20N2S. The summed E-state index contributed by atoms with van der Waals surface area (Å²) < 4.78 is 0. The van der Waals surface area contributed by atoms with Crippen molar-refractivity contribution in [1.82, 2.24) is 4.98 Å². The van der Waals surface area contributed by atoms with Gasteiger partial charge in [0.25, 0.3) is 0 Å². The van der Waals surface area contributed by atoms with Crippen LogP contribution >= 0.6 is 11.3 Å². The molecule has 0 saturated carbocycles. The Morgan fingerprint density at radius 1 is 1.00 bits per heavy atom. The SMILES string of the molecule is CCc1ccc(-c2csc(Nc3ccc(C)c(C)c3)n2)cc1. The minimum absolute atomic E-state index is 0.929. The average Bonchev–Trinajstić information content (AvgIpc) is 2.99. The molecule has 0 aliphatic rings. The monoisotopic (exact) mass is 308 g/mol. The summed E-state index contributed by atoms with van der Waals surface area (Å²) in [6.07, 6.45) is 1.07. The highest BCUT2D eigenvalue weighted by Gasteiger charge is 2.05. The van der Waals surface area contributed by atoms with E-state index in [0.29, 0.717) is 0 Å². The molecule has 0 radical (unpaired) electrons. The Bertz CT molecular complexity index is 772. The number of rotatable bonds is 4. The van der Waals surface area contributed by atoms with Gasteiger partial charge in [0.05, 0.1) is 5.69 Å². The lowest BCUT2D eigenvalue weighted by atomic mass is 10.1. The van der Waals surface area contributed by atoms with Crippen molar-refractivity contribution in [3.63, 3.8) is 0 Å². The van der Waals surface area contributed by atoms with Crippen LogP contribution in [0.5, 0.6) is 0 Å². The zero-order chi connectivity index (χ0) is 15.5. The molecular weight excluding hydrogens is 288 g/mol. The molecule has 0 aliphatic carbocycles. The molecule has 0 amide bonds. The first-order chi connectivity index (χ1) is 10.7. The fourth-order valence-electron chi connectivity index (χ4n) is 2.32. The van der Waals surface area contributed by atoms with E-state index in [0.717, 1.165) is 22.9 Å². The Hall–Kier alpha value is -2.13. The van der Waals surface area contributed by atoms with Gasteiger partial charge in [0.2, 0.25) is 0 Å². The lowest BCUT2D eigenvalue weighted by Crippen LogP contribution is -1.91. The Morgan fingerprint density at radius 2 is 1.77 bits per heavy atom. The molecule has 3 aromatic rings. The molecule has 3 rings (SSSR count). The number of benzene rings is 2. The van der Waals surface area contributed by atoms with Crippen molar-refractivity contribution in [2.75, 3.05) is 5.32 Å². The van der Waals surface area contributed by atoms with E-state index in [4.69, 9.17) is 4.98 Å². The minimum atomic E-state index is 0.929. The fraction of sp³-hybridized carbons (Fsp3) is 0.211. The number of hydrogen-bond acceptors (Lipinski definition) is 3. The number of thiazole rings is 1. The molecule has 1 heterocycles. The molecule has 0 bridgehead atoms. The maximum absolute atomic E-state index is 4.69. The van der Waals surface area contributed by atoms with E-state index in [2.05, 4.69) is 73.9 Å². The van der Waals surface area contributed by atoms with Crippen LogP contribution in [0.25, 0.3) is 11.3 Å². The maximum atomic E-state index is 4.69. The zero-order valence-electron chi connectivity index (χ0n) is 13.2. The van der Waals surface area contributed by atoms with Crippen molar-refractivity contribution in [1.29, 1.82) is 0 Å². The van der Waals surface area contributed by atoms with Crippen molar-refractivity contribution in [3.05, 3.63) is 64.5 Å². The molecule has 1 aromatic heterocycles. The molecule has 112 valence electrons. The van der Waals surface area contributed by atoms with Crippen molar-refractivity contribution < 1.29 is 0 Å². The lowest BCUT2D eigenvalue weighted by molar-refractivity contribution is 1.14. The lowest BCUT2D eigenvalue weighted by Gasteiger charge is -2.05. The van der Waals surface area contributed by atoms with E-state index in [1.807, 2.05) is 0 Å². The van der Waals surface area contributed by atoms with Crippen molar-refractivity contribution in [3.8, 4) is 11.3 Å². The number of nitrogens with zero attached hydrogens (tertiary/aromatic N) is 1. The van der Waals surface area contributed by atoms with Crippen molar-refractivity contribution >= 4 is 22.2 Å². The second kappa shape index (κ2) is 6.32. The number of anilines is 2. The largest absolute Gasteiger partial charge is 0.332 e. The van der Waals surface area contributed by atoms with Crippen LogP contribution in [-0.2, 0) is 6.42 Å². The summed E-state index contributed by atoms with van der Waals surface area (Å²) in [6, 6.07) is 15.0. The van der Waals surface area contributed by atoms with Gasteiger partial charge in [-0.15, -0.1) is 11.3 Å². The number of aromatic nitrogens is 1. The molecule has 0 unspecified atom stereocenters. The quantitative estimate of drug-likeness (QED) is 0.665. The highest BCUT2D eigenvalue weighted by atomic mass is 32.1. The van der Waals surface area contributed by atoms with Crippen LogP contribution < -0.4 is 5.32 Å². The van der Waals surface area contributed by atoms with Crippen LogP contribution in [0.15, 0.2) is 47.8 Å². The van der Waals surface area contributed by atoms with E-state index >= 15 is 0 Å². The summed E-state index contributed by atoms with van der Waals surface area (Å²) in [6.45, 7) is 6.42. The van der Waals surface area contributed by atoms with E-state index in [9.17, 15) is 0 Å². The van der Waals surface area contributed by atoms with Crippen LogP contribution in [-0.4, -0.2) is 4.98 Å². The molecule has 2 aromatic carbocycles. The van der Waals surface area contributed by atoms with Crippen LogP contribution in [0.1, 0.15) is 23.6 Å². The molecule has 0 aliphatic heterocycles. The Morgan fingerprint density at radius 3 is 2.45 bits per heavy atom. The number of aryl methyl sites for hydroxylation is 3. The zero-order valence-corrected chi connectivity index (χ0v) is 14.0. The van der Waals surface area contributed by atoms with E-state index in [-0.39, 0.29) is 0 Å². The number of nitrogens with one attached hydrogen (secondary N) is 1. The Balaban J connectivity index is 1.79. The Labute approximate surface area is 135 Å². The normalized spacial score (nSPS) is 10.7. The summed E-state index contributed by atoms with van der Waals surface area (Å²) in [5.74, 6) is 0. The van der Waals surface area contributed by atoms with E-state index in [1.165, 1.54) is 22.3 Å². The van der Waals surface area contributed by atoms with Gasteiger partial charge < -0.3 is 5.32 Å². The predicted octanol–water partition coefficient (Wildman–Crippen LogP) is 5.73. The van der Waals surface area contributed by atoms with Gasteiger partial charge in [-0.3, -0.25) is 0 Å². The average molecular weight is 308 g/mol. The summed E-state index contributed by atoms with van der Waals surface area (Å²) in [5.41, 5.74) is 7.23. The van der Waals surface area contributed by atoms with Gasteiger partial charge in [-0.05, 0) is 49.1 Å². The summed E-state index contributed by atoms with van der Waals surface area (Å²) >= 11 is 1.64. The standard InChI is InChI=1S/C19H20N2S/c1-4-15-6-8-16(9-7-15)18-12-22-19(21-18)20-17-10-5-13(2)14(3)11-17/h5-12H,4H2,1-3H3,(H,20,21). The summed E-state index contributed by atoms with van der Waals surface area (Å²) in [4.78, 5) is 4.69. The van der Waals surface area contributed by atoms with E-state index in [1.54, 1.807) is 11.3 Å². The van der Waals surface area contributed by atoms with Gasteiger partial charge in [0.1, 0.15) is 0 Å². The van der Waals surface area contributed by atoms with Crippen molar-refractivity contribution in [2.45, 2.75) is 27.2 Å². The molecule has 0 saturated heterocycles. The maximum Gasteiger partial charge on any atom is 0.187 e. The van der Waals surface area contributed by atoms with Gasteiger partial charge in [-0.2, -0.15) is 0 Å². The highest BCUT2D eigenvalue weighted by molar-refractivity contribution is 7.14. The minimum Gasteiger partial charge on any atom is -0.332 e. The second-order valence-electron chi connectivity index (χ2n) is 5.51. The molecule has 1 N–H and O–H groups in total. The van der Waals surface area contributed by atoms with Gasteiger partial charge in [-0.25, -0.2) is 4.98 Å². The highest BCUT2D eigenvalue weighted by Crippen LogP contribution is 2.28. The molecule has 0 atom stereocenters. The molecule has 2 nitrogen and oxygen atoms in total. The van der Waals surface area contributed by atoms with Gasteiger partial charge >= 0.3 is 0 Å². The smallest absolute Gasteiger partial charge is 0.187 e. The fourth-order valence-corrected chi connectivity index (χ4v) is 3.06. The van der Waals surface area contributed by atoms with Gasteiger partial charge in [0, 0.05) is 16.6 Å².